The van der Waals surface area contributed by atoms with E-state index in [9.17, 15) is 0 Å². The van der Waals surface area contributed by atoms with Crippen LogP contribution in [-0.2, 0) is 6.61 Å². The van der Waals surface area contributed by atoms with E-state index in [1.54, 1.807) is 10.9 Å². The minimum absolute atomic E-state index is 0.291. The van der Waals surface area contributed by atoms with Crippen LogP contribution in [0.1, 0.15) is 31.2 Å². The van der Waals surface area contributed by atoms with Gasteiger partial charge in [0, 0.05) is 0 Å². The lowest BCUT2D eigenvalue weighted by atomic mass is 10.2. The molecule has 3 rings (SSSR count). The highest BCUT2D eigenvalue weighted by Gasteiger charge is 2.11. The van der Waals surface area contributed by atoms with Crippen molar-refractivity contribution in [3.8, 4) is 11.5 Å². The Labute approximate surface area is 169 Å². The van der Waals surface area contributed by atoms with Crippen LogP contribution in [0, 0.1) is 0 Å². The smallest absolute Gasteiger partial charge is 0.211 e. The van der Waals surface area contributed by atoms with Crippen LogP contribution in [0.5, 0.6) is 11.5 Å². The Morgan fingerprint density at radius 1 is 1.00 bits per heavy atom. The van der Waals surface area contributed by atoms with Gasteiger partial charge in [0.05, 0.1) is 12.8 Å². The van der Waals surface area contributed by atoms with E-state index in [4.69, 9.17) is 9.47 Å². The molecule has 7 heteroatoms. The fourth-order valence-electron chi connectivity index (χ4n) is 2.40. The molecule has 0 saturated carbocycles. The van der Waals surface area contributed by atoms with Gasteiger partial charge < -0.3 is 9.47 Å². The average Bonchev–Trinajstić information content (AvgIpc) is 3.14. The minimum Gasteiger partial charge on any atom is -0.494 e. The molecule has 0 radical (unpaired) electrons. The van der Waals surface area contributed by atoms with Gasteiger partial charge in [0.25, 0.3) is 0 Å². The third-order valence-corrected chi connectivity index (χ3v) is 4.56. The van der Waals surface area contributed by atoms with Crippen molar-refractivity contribution in [3.05, 3.63) is 66.0 Å². The lowest BCUT2D eigenvalue weighted by Crippen LogP contribution is -2.04. The quantitative estimate of drug-likeness (QED) is 0.284. The normalized spacial score (nSPS) is 11.1. The summed E-state index contributed by atoms with van der Waals surface area (Å²) in [6, 6.07) is 17.5. The average molecular weight is 397 g/mol. The molecule has 0 bridgehead atoms. The van der Waals surface area contributed by atoms with Gasteiger partial charge in [-0.05, 0) is 54.6 Å². The number of ether oxygens (including phenoxy) is 2. The van der Waals surface area contributed by atoms with Crippen molar-refractivity contribution in [2.45, 2.75) is 31.5 Å². The van der Waals surface area contributed by atoms with E-state index in [-0.39, 0.29) is 0 Å². The Hall–Kier alpha value is -2.80. The lowest BCUT2D eigenvalue weighted by molar-refractivity contribution is 0.290. The molecule has 0 aliphatic carbocycles. The molecule has 0 fully saturated rings. The first-order valence-electron chi connectivity index (χ1n) is 9.23. The molecule has 0 saturated heterocycles. The Morgan fingerprint density at radius 3 is 2.46 bits per heavy atom. The van der Waals surface area contributed by atoms with Gasteiger partial charge >= 0.3 is 0 Å². The van der Waals surface area contributed by atoms with E-state index in [0.717, 1.165) is 36.5 Å². The maximum absolute atomic E-state index is 5.78. The molecule has 0 unspecified atom stereocenters. The van der Waals surface area contributed by atoms with Crippen LogP contribution < -0.4 is 9.47 Å². The van der Waals surface area contributed by atoms with Crippen molar-refractivity contribution >= 4 is 18.0 Å². The van der Waals surface area contributed by atoms with Crippen LogP contribution in [0.2, 0.25) is 0 Å². The molecular formula is C21H24N4O2S. The predicted molar refractivity (Wildman–Crippen MR) is 112 cm³/mol. The Kier molecular flexibility index (Phi) is 7.49. The van der Waals surface area contributed by atoms with Crippen molar-refractivity contribution < 1.29 is 9.47 Å². The van der Waals surface area contributed by atoms with E-state index < -0.39 is 0 Å². The Balaban J connectivity index is 1.67. The van der Waals surface area contributed by atoms with Crippen LogP contribution in [-0.4, -0.2) is 34.0 Å². The van der Waals surface area contributed by atoms with Crippen LogP contribution >= 0.6 is 11.8 Å². The van der Waals surface area contributed by atoms with E-state index in [1.807, 2.05) is 60.9 Å². The Morgan fingerprint density at radius 2 is 1.75 bits per heavy atom. The summed E-state index contributed by atoms with van der Waals surface area (Å²) in [7, 11) is 0. The molecule has 0 spiro atoms. The maximum Gasteiger partial charge on any atom is 0.211 e. The standard InChI is InChI=1S/C21H24N4O2S/c1-3-4-14-26-19-12-10-17(11-13-19)15-22-25-20(23-24-21(25)28-2)16-27-18-8-6-5-7-9-18/h5-13,15H,3-4,14,16H2,1-2H3/b22-15-. The summed E-state index contributed by atoms with van der Waals surface area (Å²) in [4.78, 5) is 0. The van der Waals surface area contributed by atoms with Crippen LogP contribution in [0.25, 0.3) is 0 Å². The van der Waals surface area contributed by atoms with Crippen LogP contribution in [0.3, 0.4) is 0 Å². The fourth-order valence-corrected chi connectivity index (χ4v) is 2.85. The lowest BCUT2D eigenvalue weighted by Gasteiger charge is -2.06. The molecule has 0 aliphatic heterocycles. The molecule has 1 aromatic heterocycles. The molecule has 0 atom stereocenters. The molecule has 0 aliphatic rings. The molecule has 0 N–H and O–H groups in total. The number of hydrogen-bond acceptors (Lipinski definition) is 6. The zero-order chi connectivity index (χ0) is 19.6. The highest BCUT2D eigenvalue weighted by atomic mass is 32.2. The largest absolute Gasteiger partial charge is 0.494 e. The predicted octanol–water partition coefficient (Wildman–Crippen LogP) is 4.64. The van der Waals surface area contributed by atoms with Crippen LogP contribution in [0.15, 0.2) is 64.9 Å². The monoisotopic (exact) mass is 396 g/mol. The summed E-state index contributed by atoms with van der Waals surface area (Å²) < 4.78 is 13.2. The number of para-hydroxylation sites is 1. The third kappa shape index (κ3) is 5.60. The van der Waals surface area contributed by atoms with Gasteiger partial charge in [-0.25, -0.2) is 0 Å². The molecule has 146 valence electrons. The fraction of sp³-hybridized carbons (Fsp3) is 0.286. The number of nitrogens with zero attached hydrogens (tertiary/aromatic N) is 4. The number of rotatable bonds is 10. The number of hydrogen-bond donors (Lipinski definition) is 0. The zero-order valence-corrected chi connectivity index (χ0v) is 16.9. The van der Waals surface area contributed by atoms with Gasteiger partial charge in [-0.2, -0.15) is 9.78 Å². The first kappa shape index (κ1) is 19.9. The summed E-state index contributed by atoms with van der Waals surface area (Å²) in [5.41, 5.74) is 0.971. The summed E-state index contributed by atoms with van der Waals surface area (Å²) in [6.07, 6.45) is 5.91. The molecular weight excluding hydrogens is 372 g/mol. The van der Waals surface area contributed by atoms with E-state index in [2.05, 4.69) is 22.2 Å². The zero-order valence-electron chi connectivity index (χ0n) is 16.1. The third-order valence-electron chi connectivity index (χ3n) is 3.94. The van der Waals surface area contributed by atoms with Gasteiger partial charge in [-0.1, -0.05) is 43.3 Å². The first-order chi connectivity index (χ1) is 13.8. The second-order valence-corrected chi connectivity index (χ2v) is 6.81. The number of aromatic nitrogens is 3. The van der Waals surface area contributed by atoms with Crippen molar-refractivity contribution in [3.63, 3.8) is 0 Å². The van der Waals surface area contributed by atoms with Crippen molar-refractivity contribution in [2.75, 3.05) is 12.9 Å². The van der Waals surface area contributed by atoms with E-state index in [0.29, 0.717) is 17.6 Å². The molecule has 0 amide bonds. The van der Waals surface area contributed by atoms with Gasteiger partial charge in [-0.3, -0.25) is 0 Å². The van der Waals surface area contributed by atoms with Gasteiger partial charge in [0.15, 0.2) is 5.82 Å². The van der Waals surface area contributed by atoms with Gasteiger partial charge in [-0.15, -0.1) is 10.2 Å². The van der Waals surface area contributed by atoms with Crippen molar-refractivity contribution in [1.29, 1.82) is 0 Å². The van der Waals surface area contributed by atoms with Crippen molar-refractivity contribution in [2.24, 2.45) is 5.10 Å². The highest BCUT2D eigenvalue weighted by molar-refractivity contribution is 7.98. The number of benzene rings is 2. The molecule has 1 heterocycles. The minimum atomic E-state index is 0.291. The molecule has 3 aromatic rings. The van der Waals surface area contributed by atoms with Crippen molar-refractivity contribution in [1.82, 2.24) is 14.9 Å². The van der Waals surface area contributed by atoms with Gasteiger partial charge in [0.1, 0.15) is 18.1 Å². The topological polar surface area (TPSA) is 61.5 Å². The maximum atomic E-state index is 5.78. The summed E-state index contributed by atoms with van der Waals surface area (Å²) in [5, 5.41) is 13.6. The SMILES string of the molecule is CCCCOc1ccc(/C=N\n2c(COc3ccccc3)nnc2SC)cc1. The summed E-state index contributed by atoms with van der Waals surface area (Å²) in [6.45, 7) is 3.18. The highest BCUT2D eigenvalue weighted by Crippen LogP contribution is 2.17. The van der Waals surface area contributed by atoms with E-state index in [1.165, 1.54) is 11.8 Å². The van der Waals surface area contributed by atoms with Gasteiger partial charge in [0.2, 0.25) is 5.16 Å². The second-order valence-electron chi connectivity index (χ2n) is 6.03. The second kappa shape index (κ2) is 10.5. The van der Waals surface area contributed by atoms with Crippen LogP contribution in [0.4, 0.5) is 0 Å². The number of unbranched alkanes of at least 4 members (excludes halogenated alkanes) is 1. The number of thioether (sulfide) groups is 1. The Bertz CT molecular complexity index is 879. The molecule has 6 nitrogen and oxygen atoms in total. The first-order valence-corrected chi connectivity index (χ1v) is 10.5. The molecule has 28 heavy (non-hydrogen) atoms. The summed E-state index contributed by atoms with van der Waals surface area (Å²) >= 11 is 1.49. The van der Waals surface area contributed by atoms with E-state index >= 15 is 0 Å². The molecule has 2 aromatic carbocycles. The summed E-state index contributed by atoms with van der Waals surface area (Å²) in [5.74, 6) is 2.30.